The van der Waals surface area contributed by atoms with Crippen molar-refractivity contribution in [2.24, 2.45) is 5.92 Å². The lowest BCUT2D eigenvalue weighted by Gasteiger charge is -2.11. The summed E-state index contributed by atoms with van der Waals surface area (Å²) in [5.74, 6) is 1.20. The number of alkyl halides is 1. The second kappa shape index (κ2) is 6.44. The maximum absolute atomic E-state index is 13.8. The van der Waals surface area contributed by atoms with Gasteiger partial charge in [0, 0.05) is 12.6 Å². The smallest absolute Gasteiger partial charge is 0.139 e. The van der Waals surface area contributed by atoms with Gasteiger partial charge in [-0.25, -0.2) is 9.37 Å². The molecule has 1 heterocycles. The molecule has 1 unspecified atom stereocenters. The molecule has 0 amide bonds. The van der Waals surface area contributed by atoms with Crippen LogP contribution >= 0.6 is 27.5 Å². The van der Waals surface area contributed by atoms with E-state index in [1.54, 1.807) is 6.07 Å². The molecule has 2 nitrogen and oxygen atoms in total. The van der Waals surface area contributed by atoms with Crippen LogP contribution in [0, 0.1) is 11.7 Å². The van der Waals surface area contributed by atoms with Gasteiger partial charge in [-0.3, -0.25) is 0 Å². The van der Waals surface area contributed by atoms with Gasteiger partial charge in [0.05, 0.1) is 20.9 Å². The van der Waals surface area contributed by atoms with Crippen LogP contribution in [0.2, 0.25) is 0 Å². The van der Waals surface area contributed by atoms with Crippen LogP contribution in [-0.4, -0.2) is 9.55 Å². The van der Waals surface area contributed by atoms with Crippen molar-refractivity contribution in [3.8, 4) is 0 Å². The number of hydrogen-bond acceptors (Lipinski definition) is 1. The van der Waals surface area contributed by atoms with Gasteiger partial charge in [0.1, 0.15) is 11.6 Å². The molecular formula is C15H19BrClFN2. The number of halogens is 3. The van der Waals surface area contributed by atoms with Crippen molar-refractivity contribution in [3.63, 3.8) is 0 Å². The topological polar surface area (TPSA) is 17.8 Å². The van der Waals surface area contributed by atoms with E-state index < -0.39 is 0 Å². The fourth-order valence-electron chi connectivity index (χ4n) is 2.34. The van der Waals surface area contributed by atoms with Crippen LogP contribution in [0.3, 0.4) is 0 Å². The molecule has 0 aliphatic carbocycles. The fraction of sp³-hybridized carbons (Fsp3) is 0.533. The first-order valence-corrected chi connectivity index (χ1v) is 8.12. The van der Waals surface area contributed by atoms with E-state index in [2.05, 4.69) is 34.8 Å². The molecule has 0 bridgehead atoms. The van der Waals surface area contributed by atoms with Crippen LogP contribution in [0.15, 0.2) is 16.6 Å². The predicted molar refractivity (Wildman–Crippen MR) is 85.7 cm³/mol. The van der Waals surface area contributed by atoms with Crippen LogP contribution in [-0.2, 0) is 6.54 Å². The molecule has 20 heavy (non-hydrogen) atoms. The predicted octanol–water partition coefficient (Wildman–Crippen LogP) is 5.67. The molecule has 0 radical (unpaired) electrons. The minimum atomic E-state index is -0.267. The Morgan fingerprint density at radius 1 is 1.35 bits per heavy atom. The van der Waals surface area contributed by atoms with Crippen LogP contribution in [0.5, 0.6) is 0 Å². The van der Waals surface area contributed by atoms with Gasteiger partial charge in [-0.1, -0.05) is 13.8 Å². The van der Waals surface area contributed by atoms with Crippen LogP contribution in [0.1, 0.15) is 44.8 Å². The third-order valence-electron chi connectivity index (χ3n) is 3.34. The largest absolute Gasteiger partial charge is 0.327 e. The van der Waals surface area contributed by atoms with Crippen LogP contribution in [0.4, 0.5) is 4.39 Å². The van der Waals surface area contributed by atoms with Crippen LogP contribution < -0.4 is 0 Å². The first-order valence-electron chi connectivity index (χ1n) is 6.89. The lowest BCUT2D eigenvalue weighted by molar-refractivity contribution is 0.508. The van der Waals surface area contributed by atoms with Gasteiger partial charge in [-0.05, 0) is 47.7 Å². The summed E-state index contributed by atoms with van der Waals surface area (Å²) >= 11 is 9.41. The van der Waals surface area contributed by atoms with E-state index in [0.717, 1.165) is 36.2 Å². The molecule has 0 spiro atoms. The van der Waals surface area contributed by atoms with Gasteiger partial charge in [0.25, 0.3) is 0 Å². The molecule has 1 aromatic heterocycles. The molecule has 0 N–H and O–H groups in total. The van der Waals surface area contributed by atoms with Gasteiger partial charge in [-0.15, -0.1) is 11.6 Å². The highest BCUT2D eigenvalue weighted by Gasteiger charge is 2.16. The maximum atomic E-state index is 13.8. The summed E-state index contributed by atoms with van der Waals surface area (Å²) in [5, 5.41) is -0.191. The Morgan fingerprint density at radius 3 is 2.65 bits per heavy atom. The van der Waals surface area contributed by atoms with Crippen molar-refractivity contribution in [2.45, 2.75) is 45.5 Å². The molecule has 0 saturated heterocycles. The number of fused-ring (bicyclic) bond motifs is 1. The second-order valence-electron chi connectivity index (χ2n) is 5.53. The lowest BCUT2D eigenvalue weighted by Crippen LogP contribution is -2.05. The Morgan fingerprint density at radius 2 is 2.05 bits per heavy atom. The molecular weight excluding hydrogens is 343 g/mol. The average molecular weight is 362 g/mol. The average Bonchev–Trinajstić information content (AvgIpc) is 2.68. The summed E-state index contributed by atoms with van der Waals surface area (Å²) < 4.78 is 16.3. The third-order valence-corrected chi connectivity index (χ3v) is 4.14. The third kappa shape index (κ3) is 3.34. The number of hydrogen-bond donors (Lipinski definition) is 0. The van der Waals surface area contributed by atoms with E-state index in [0.29, 0.717) is 10.4 Å². The Kier molecular flexibility index (Phi) is 5.08. The Balaban J connectivity index is 2.42. The first kappa shape index (κ1) is 15.8. The minimum absolute atomic E-state index is 0.191. The van der Waals surface area contributed by atoms with Gasteiger partial charge in [0.15, 0.2) is 0 Å². The highest BCUT2D eigenvalue weighted by molar-refractivity contribution is 9.10. The molecule has 0 saturated carbocycles. The normalized spacial score (nSPS) is 13.3. The zero-order valence-corrected chi connectivity index (χ0v) is 14.3. The molecule has 5 heteroatoms. The summed E-state index contributed by atoms with van der Waals surface area (Å²) in [5.41, 5.74) is 1.60. The molecule has 0 aliphatic heterocycles. The number of rotatable bonds is 5. The van der Waals surface area contributed by atoms with E-state index in [-0.39, 0.29) is 11.2 Å². The monoisotopic (exact) mass is 360 g/mol. The standard InChI is InChI=1S/C15H19BrClFN2/c1-9(2)5-4-6-20-14-8-12(18)11(16)7-13(14)19-15(20)10(3)17/h7-10H,4-6H2,1-3H3. The quantitative estimate of drug-likeness (QED) is 0.627. The zero-order valence-electron chi connectivity index (χ0n) is 12.0. The van der Waals surface area contributed by atoms with E-state index in [1.807, 2.05) is 11.5 Å². The zero-order chi connectivity index (χ0) is 14.9. The maximum Gasteiger partial charge on any atom is 0.139 e. The van der Waals surface area contributed by atoms with E-state index in [9.17, 15) is 4.39 Å². The number of nitrogens with zero attached hydrogens (tertiary/aromatic N) is 2. The molecule has 1 atom stereocenters. The molecule has 2 rings (SSSR count). The van der Waals surface area contributed by atoms with Gasteiger partial charge in [0.2, 0.25) is 0 Å². The Hall–Kier alpha value is -0.610. The van der Waals surface area contributed by atoms with Crippen molar-refractivity contribution in [2.75, 3.05) is 0 Å². The molecule has 1 aromatic carbocycles. The summed E-state index contributed by atoms with van der Waals surface area (Å²) in [6.07, 6.45) is 2.17. The molecule has 0 fully saturated rings. The SMILES string of the molecule is CC(C)CCCn1c(C(C)Cl)nc2cc(Br)c(F)cc21. The van der Waals surface area contributed by atoms with Crippen molar-refractivity contribution >= 4 is 38.6 Å². The highest BCUT2D eigenvalue weighted by atomic mass is 79.9. The Bertz CT molecular complexity index is 607. The summed E-state index contributed by atoms with van der Waals surface area (Å²) in [6, 6.07) is 3.25. The van der Waals surface area contributed by atoms with Gasteiger partial charge < -0.3 is 4.57 Å². The summed E-state index contributed by atoms with van der Waals surface area (Å²) in [7, 11) is 0. The van der Waals surface area contributed by atoms with Gasteiger partial charge in [-0.2, -0.15) is 0 Å². The highest BCUT2D eigenvalue weighted by Crippen LogP contribution is 2.28. The van der Waals surface area contributed by atoms with Gasteiger partial charge >= 0.3 is 0 Å². The number of benzene rings is 1. The number of aromatic nitrogens is 2. The minimum Gasteiger partial charge on any atom is -0.327 e. The van der Waals surface area contributed by atoms with Crippen LogP contribution in [0.25, 0.3) is 11.0 Å². The van der Waals surface area contributed by atoms with Crippen molar-refractivity contribution in [1.29, 1.82) is 0 Å². The summed E-state index contributed by atoms with van der Waals surface area (Å²) in [6.45, 7) is 7.12. The number of imidazole rings is 1. The van der Waals surface area contributed by atoms with Crippen molar-refractivity contribution in [3.05, 3.63) is 28.2 Å². The fourth-order valence-corrected chi connectivity index (χ4v) is 2.83. The van der Waals surface area contributed by atoms with Crippen molar-refractivity contribution < 1.29 is 4.39 Å². The molecule has 2 aromatic rings. The second-order valence-corrected chi connectivity index (χ2v) is 7.04. The van der Waals surface area contributed by atoms with E-state index in [4.69, 9.17) is 11.6 Å². The van der Waals surface area contributed by atoms with Crippen molar-refractivity contribution in [1.82, 2.24) is 9.55 Å². The first-order chi connectivity index (χ1) is 9.40. The summed E-state index contributed by atoms with van der Waals surface area (Å²) in [4.78, 5) is 4.55. The lowest BCUT2D eigenvalue weighted by atomic mass is 10.1. The molecule has 110 valence electrons. The van der Waals surface area contributed by atoms with E-state index in [1.165, 1.54) is 6.07 Å². The number of aryl methyl sites for hydroxylation is 1. The Labute approximate surface area is 132 Å². The molecule has 0 aliphatic rings. The van der Waals surface area contributed by atoms with E-state index >= 15 is 0 Å².